The summed E-state index contributed by atoms with van der Waals surface area (Å²) in [4.78, 5) is 2.62. The Labute approximate surface area is 351 Å². The predicted molar refractivity (Wildman–Crippen MR) is 248 cm³/mol. The Bertz CT molecular complexity index is 2770. The van der Waals surface area contributed by atoms with Crippen LogP contribution in [0.4, 0.5) is 17.1 Å². The lowest BCUT2D eigenvalue weighted by molar-refractivity contribution is -0.0399. The second-order valence-electron chi connectivity index (χ2n) is 20.4. The molecule has 0 aliphatic heterocycles. The van der Waals surface area contributed by atoms with Crippen molar-refractivity contribution in [2.24, 2.45) is 23.7 Å². The number of benzene rings is 7. The molecular weight excluding hydrogens is 711 g/mol. The summed E-state index contributed by atoms with van der Waals surface area (Å²) in [5, 5.41) is 2.55. The van der Waals surface area contributed by atoms with E-state index in [-0.39, 0.29) is 16.2 Å². The number of para-hydroxylation sites is 1. The van der Waals surface area contributed by atoms with Gasteiger partial charge in [0, 0.05) is 22.2 Å². The Morgan fingerprint density at radius 3 is 1.78 bits per heavy atom. The average Bonchev–Trinajstić information content (AvgIpc) is 3.56. The maximum absolute atomic E-state index is 2.62. The molecule has 0 aromatic heterocycles. The fourth-order valence-electron chi connectivity index (χ4n) is 13.6. The normalized spacial score (nSPS) is 25.2. The van der Waals surface area contributed by atoms with Crippen molar-refractivity contribution in [3.05, 3.63) is 174 Å². The fourth-order valence-corrected chi connectivity index (χ4v) is 13.6. The molecule has 7 aromatic carbocycles. The molecule has 0 heterocycles. The molecule has 1 heteroatoms. The van der Waals surface area contributed by atoms with E-state index < -0.39 is 0 Å². The van der Waals surface area contributed by atoms with Gasteiger partial charge in [0.15, 0.2) is 0 Å². The number of rotatable bonds is 5. The molecular formula is C58H55N. The summed E-state index contributed by atoms with van der Waals surface area (Å²) in [6, 6.07) is 58.6. The Balaban J connectivity index is 1.07. The van der Waals surface area contributed by atoms with Gasteiger partial charge in [0.2, 0.25) is 0 Å². The summed E-state index contributed by atoms with van der Waals surface area (Å²) in [6.45, 7) is 9.76. The summed E-state index contributed by atoms with van der Waals surface area (Å²) < 4.78 is 0. The maximum atomic E-state index is 2.62. The molecule has 0 unspecified atom stereocenters. The van der Waals surface area contributed by atoms with Crippen molar-refractivity contribution in [1.29, 1.82) is 0 Å². The minimum absolute atomic E-state index is 0.108. The van der Waals surface area contributed by atoms with Gasteiger partial charge in [0.1, 0.15) is 0 Å². The summed E-state index contributed by atoms with van der Waals surface area (Å²) in [7, 11) is 0. The molecule has 4 bridgehead atoms. The van der Waals surface area contributed by atoms with Crippen LogP contribution in [0.2, 0.25) is 0 Å². The first-order valence-corrected chi connectivity index (χ1v) is 22.6. The monoisotopic (exact) mass is 765 g/mol. The number of anilines is 3. The van der Waals surface area contributed by atoms with E-state index in [0.29, 0.717) is 0 Å². The zero-order chi connectivity index (χ0) is 39.7. The van der Waals surface area contributed by atoms with E-state index in [9.17, 15) is 0 Å². The van der Waals surface area contributed by atoms with Crippen LogP contribution in [0, 0.1) is 23.7 Å². The van der Waals surface area contributed by atoms with Crippen LogP contribution in [0.3, 0.4) is 0 Å². The van der Waals surface area contributed by atoms with Gasteiger partial charge >= 0.3 is 0 Å². The molecule has 292 valence electrons. The molecule has 0 atom stereocenters. The highest BCUT2D eigenvalue weighted by molar-refractivity contribution is 5.98. The van der Waals surface area contributed by atoms with Crippen LogP contribution in [-0.2, 0) is 16.2 Å². The van der Waals surface area contributed by atoms with Gasteiger partial charge in [0.25, 0.3) is 0 Å². The predicted octanol–water partition coefficient (Wildman–Crippen LogP) is 15.7. The zero-order valence-electron chi connectivity index (χ0n) is 35.1. The van der Waals surface area contributed by atoms with E-state index >= 15 is 0 Å². The molecule has 1 spiro atoms. The molecule has 0 saturated heterocycles. The summed E-state index contributed by atoms with van der Waals surface area (Å²) in [6.07, 6.45) is 9.44. The third-order valence-electron chi connectivity index (χ3n) is 16.3. The third kappa shape index (κ3) is 5.22. The number of hydrogen-bond acceptors (Lipinski definition) is 1. The maximum Gasteiger partial charge on any atom is 0.0543 e. The third-order valence-corrected chi connectivity index (χ3v) is 16.3. The highest BCUT2D eigenvalue weighted by atomic mass is 15.1. The van der Waals surface area contributed by atoms with Crippen LogP contribution in [0.15, 0.2) is 152 Å². The summed E-state index contributed by atoms with van der Waals surface area (Å²) >= 11 is 0. The van der Waals surface area contributed by atoms with Crippen LogP contribution in [0.5, 0.6) is 0 Å². The van der Waals surface area contributed by atoms with E-state index in [1.54, 1.807) is 11.1 Å². The summed E-state index contributed by atoms with van der Waals surface area (Å²) in [5.41, 5.74) is 18.3. The van der Waals surface area contributed by atoms with E-state index in [0.717, 1.165) is 23.7 Å². The van der Waals surface area contributed by atoms with Gasteiger partial charge in [-0.15, -0.1) is 0 Å². The van der Waals surface area contributed by atoms with Crippen LogP contribution < -0.4 is 4.90 Å². The first kappa shape index (κ1) is 35.5. The van der Waals surface area contributed by atoms with Crippen molar-refractivity contribution in [3.8, 4) is 33.4 Å². The van der Waals surface area contributed by atoms with E-state index in [4.69, 9.17) is 0 Å². The lowest BCUT2D eigenvalue weighted by Crippen LogP contribution is -2.55. The second kappa shape index (κ2) is 12.8. The molecule has 13 rings (SSSR count). The van der Waals surface area contributed by atoms with Crippen molar-refractivity contribution in [1.82, 2.24) is 0 Å². The van der Waals surface area contributed by atoms with Gasteiger partial charge in [0.05, 0.1) is 11.4 Å². The van der Waals surface area contributed by atoms with Crippen molar-refractivity contribution in [3.63, 3.8) is 0 Å². The minimum Gasteiger partial charge on any atom is -0.309 e. The zero-order valence-corrected chi connectivity index (χ0v) is 35.1. The van der Waals surface area contributed by atoms with Crippen LogP contribution in [0.25, 0.3) is 44.2 Å². The quantitative estimate of drug-likeness (QED) is 0.169. The Kier molecular flexibility index (Phi) is 7.71. The molecule has 1 nitrogen and oxygen atoms in total. The van der Waals surface area contributed by atoms with Gasteiger partial charge < -0.3 is 4.90 Å². The van der Waals surface area contributed by atoms with Gasteiger partial charge in [-0.3, -0.25) is 0 Å². The highest BCUT2D eigenvalue weighted by Crippen LogP contribution is 2.70. The molecule has 0 N–H and O–H groups in total. The minimum atomic E-state index is 0.108. The molecule has 7 aromatic rings. The first-order valence-electron chi connectivity index (χ1n) is 22.6. The first-order chi connectivity index (χ1) is 28.7. The fraction of sp³-hybridized carbons (Fsp3) is 0.310. The molecule has 6 aliphatic rings. The molecule has 6 aliphatic carbocycles. The van der Waals surface area contributed by atoms with Gasteiger partial charge in [-0.2, -0.15) is 0 Å². The van der Waals surface area contributed by atoms with Gasteiger partial charge in [-0.25, -0.2) is 0 Å². The molecule has 0 radical (unpaired) electrons. The molecule has 4 fully saturated rings. The smallest absolute Gasteiger partial charge is 0.0543 e. The second-order valence-corrected chi connectivity index (χ2v) is 20.4. The van der Waals surface area contributed by atoms with Crippen molar-refractivity contribution in [2.75, 3.05) is 4.90 Å². The van der Waals surface area contributed by atoms with Gasteiger partial charge in [-0.1, -0.05) is 149 Å². The standard InChI is InChI=1S/C58H55N/c1-56(2)28-29-57(3,4)52-36-43(24-27-50(52)56)47-14-8-10-18-53(47)59(46-25-22-40(23-26-46)42-21-20-39-12-5-6-13-41(39)35-42)54-19-11-17-51-55(54)48-15-7-9-16-49(48)58(51)44-31-37-30-38(33-44)34-45(58)32-37/h5-27,35-38,44-45H,28-34H2,1-4H3. The van der Waals surface area contributed by atoms with Crippen molar-refractivity contribution in [2.45, 2.75) is 88.9 Å². The summed E-state index contributed by atoms with van der Waals surface area (Å²) in [5.74, 6) is 3.28. The lowest BCUT2D eigenvalue weighted by Gasteiger charge is -2.61. The van der Waals surface area contributed by atoms with E-state index in [2.05, 4.69) is 184 Å². The average molecular weight is 766 g/mol. The van der Waals surface area contributed by atoms with Crippen LogP contribution in [0.1, 0.15) is 94.9 Å². The Morgan fingerprint density at radius 2 is 1.02 bits per heavy atom. The lowest BCUT2D eigenvalue weighted by atomic mass is 9.43. The molecule has 4 saturated carbocycles. The number of nitrogens with zero attached hydrogens (tertiary/aromatic N) is 1. The largest absolute Gasteiger partial charge is 0.309 e. The topological polar surface area (TPSA) is 3.24 Å². The molecule has 0 amide bonds. The highest BCUT2D eigenvalue weighted by Gasteiger charge is 2.62. The number of fused-ring (bicyclic) bond motifs is 5. The SMILES string of the molecule is CC1(C)CCC(C)(C)c2cc(-c3ccccc3N(c3ccc(-c4ccc5ccccc5c4)cc3)c3cccc4c3-c3ccccc3C43C4CC5CC(C4)CC3C5)ccc21. The van der Waals surface area contributed by atoms with Crippen molar-refractivity contribution < 1.29 is 0 Å². The van der Waals surface area contributed by atoms with Crippen molar-refractivity contribution >= 4 is 27.8 Å². The Morgan fingerprint density at radius 1 is 0.424 bits per heavy atom. The van der Waals surface area contributed by atoms with Crippen LogP contribution in [-0.4, -0.2) is 0 Å². The Hall–Kier alpha value is -5.40. The van der Waals surface area contributed by atoms with E-state index in [1.807, 2.05) is 0 Å². The van der Waals surface area contributed by atoms with Gasteiger partial charge in [-0.05, 0) is 165 Å². The van der Waals surface area contributed by atoms with E-state index in [1.165, 1.54) is 117 Å². The number of hydrogen-bond donors (Lipinski definition) is 0. The van der Waals surface area contributed by atoms with Crippen LogP contribution >= 0.6 is 0 Å². The molecule has 59 heavy (non-hydrogen) atoms.